The van der Waals surface area contributed by atoms with Crippen molar-refractivity contribution in [3.63, 3.8) is 0 Å². The van der Waals surface area contributed by atoms with Crippen molar-refractivity contribution in [1.29, 1.82) is 5.26 Å². The summed E-state index contributed by atoms with van der Waals surface area (Å²) in [5.41, 5.74) is 1.16. The van der Waals surface area contributed by atoms with Crippen LogP contribution in [0.5, 0.6) is 0 Å². The number of nitrogens with one attached hydrogen (secondary N) is 1. The fourth-order valence-electron chi connectivity index (χ4n) is 3.84. The lowest BCUT2D eigenvalue weighted by Gasteiger charge is -2.24. The first-order chi connectivity index (χ1) is 17.2. The zero-order chi connectivity index (χ0) is 25.9. The highest BCUT2D eigenvalue weighted by atomic mass is 19.4. The first-order valence-corrected chi connectivity index (χ1v) is 10.9. The van der Waals surface area contributed by atoms with Crippen molar-refractivity contribution in [2.24, 2.45) is 0 Å². The Morgan fingerprint density at radius 1 is 0.972 bits per heavy atom. The number of aromatic nitrogens is 1. The van der Waals surface area contributed by atoms with Crippen LogP contribution in [0.1, 0.15) is 32.7 Å². The van der Waals surface area contributed by atoms with Gasteiger partial charge in [0, 0.05) is 16.9 Å². The summed E-state index contributed by atoms with van der Waals surface area (Å²) >= 11 is 0. The van der Waals surface area contributed by atoms with Gasteiger partial charge in [0.2, 0.25) is 0 Å². The zero-order valence-electron chi connectivity index (χ0n) is 19.1. The molecular weight excluding hydrogens is 467 g/mol. The van der Waals surface area contributed by atoms with Gasteiger partial charge in [-0.05, 0) is 54.4 Å². The SMILES string of the molecule is Cc1[nH]c(=O)c(C(=O)N(Cc2ccc(C#N)cc2)c2cccc(C(F)(F)F)c2)cc1-c1ccccc1. The number of halogens is 3. The van der Waals surface area contributed by atoms with Gasteiger partial charge in [0.15, 0.2) is 0 Å². The lowest BCUT2D eigenvalue weighted by atomic mass is 10.0. The molecule has 36 heavy (non-hydrogen) atoms. The molecule has 4 aromatic rings. The van der Waals surface area contributed by atoms with Gasteiger partial charge in [-0.1, -0.05) is 48.5 Å². The van der Waals surface area contributed by atoms with Crippen molar-refractivity contribution in [2.45, 2.75) is 19.6 Å². The number of hydrogen-bond donors (Lipinski definition) is 1. The Morgan fingerprint density at radius 2 is 1.67 bits per heavy atom. The standard InChI is InChI=1S/C28H20F3N3O2/c1-18-24(21-6-3-2-4-7-21)15-25(26(35)33-18)27(36)34(17-20-12-10-19(16-32)11-13-20)23-9-5-8-22(14-23)28(29,30)31/h2-15H,17H2,1H3,(H,33,35). The largest absolute Gasteiger partial charge is 0.416 e. The maximum absolute atomic E-state index is 13.7. The second-order valence-corrected chi connectivity index (χ2v) is 8.16. The molecular formula is C28H20F3N3O2. The van der Waals surface area contributed by atoms with Crippen molar-refractivity contribution in [3.8, 4) is 17.2 Å². The Kier molecular flexibility index (Phi) is 6.75. The van der Waals surface area contributed by atoms with E-state index >= 15 is 0 Å². The maximum atomic E-state index is 13.7. The number of benzene rings is 3. The van der Waals surface area contributed by atoms with E-state index in [0.717, 1.165) is 22.6 Å². The van der Waals surface area contributed by atoms with Crippen molar-refractivity contribution >= 4 is 11.6 Å². The fourth-order valence-corrected chi connectivity index (χ4v) is 3.84. The minimum Gasteiger partial charge on any atom is -0.325 e. The summed E-state index contributed by atoms with van der Waals surface area (Å²) in [4.78, 5) is 30.4. The van der Waals surface area contributed by atoms with Gasteiger partial charge in [0.25, 0.3) is 11.5 Å². The number of nitrogens with zero attached hydrogens (tertiary/aromatic N) is 2. The molecule has 4 rings (SSSR count). The molecule has 1 heterocycles. The minimum atomic E-state index is -4.61. The molecule has 0 bridgehead atoms. The number of alkyl halides is 3. The van der Waals surface area contributed by atoms with Crippen LogP contribution in [0.25, 0.3) is 11.1 Å². The van der Waals surface area contributed by atoms with Gasteiger partial charge in [0.1, 0.15) is 5.56 Å². The van der Waals surface area contributed by atoms with Crippen LogP contribution >= 0.6 is 0 Å². The first-order valence-electron chi connectivity index (χ1n) is 10.9. The van der Waals surface area contributed by atoms with Gasteiger partial charge in [-0.3, -0.25) is 9.59 Å². The number of pyridine rings is 1. The number of H-pyrrole nitrogens is 1. The number of aromatic amines is 1. The van der Waals surface area contributed by atoms with Crippen LogP contribution in [0, 0.1) is 18.3 Å². The summed E-state index contributed by atoms with van der Waals surface area (Å²) in [6.45, 7) is 1.60. The molecule has 1 amide bonds. The van der Waals surface area contributed by atoms with Crippen molar-refractivity contribution in [2.75, 3.05) is 4.90 Å². The highest BCUT2D eigenvalue weighted by Gasteiger charge is 2.32. The number of hydrogen-bond acceptors (Lipinski definition) is 3. The van der Waals surface area contributed by atoms with Crippen molar-refractivity contribution in [1.82, 2.24) is 4.98 Å². The van der Waals surface area contributed by atoms with E-state index in [9.17, 15) is 22.8 Å². The van der Waals surface area contributed by atoms with E-state index in [-0.39, 0.29) is 17.8 Å². The average Bonchev–Trinajstić information content (AvgIpc) is 2.87. The van der Waals surface area contributed by atoms with Crippen LogP contribution < -0.4 is 10.5 Å². The van der Waals surface area contributed by atoms with Crippen molar-refractivity contribution < 1.29 is 18.0 Å². The van der Waals surface area contributed by atoms with Crippen LogP contribution in [-0.4, -0.2) is 10.9 Å². The second kappa shape index (κ2) is 9.92. The topological polar surface area (TPSA) is 77.0 Å². The molecule has 0 radical (unpaired) electrons. The molecule has 0 aliphatic rings. The molecule has 1 aromatic heterocycles. The molecule has 8 heteroatoms. The molecule has 3 aromatic carbocycles. The van der Waals surface area contributed by atoms with Gasteiger partial charge in [-0.15, -0.1) is 0 Å². The van der Waals surface area contributed by atoms with Gasteiger partial charge < -0.3 is 9.88 Å². The summed E-state index contributed by atoms with van der Waals surface area (Å²) in [6, 6.07) is 23.3. The van der Waals surface area contributed by atoms with Crippen LogP contribution in [0.15, 0.2) is 89.7 Å². The number of anilines is 1. The summed E-state index contributed by atoms with van der Waals surface area (Å²) in [7, 11) is 0. The first kappa shape index (κ1) is 24.5. The lowest BCUT2D eigenvalue weighted by Crippen LogP contribution is -2.35. The van der Waals surface area contributed by atoms with E-state index in [0.29, 0.717) is 22.4 Å². The summed E-state index contributed by atoms with van der Waals surface area (Å²) < 4.78 is 40.3. The van der Waals surface area contributed by atoms with E-state index < -0.39 is 23.2 Å². The minimum absolute atomic E-state index is 0.0135. The molecule has 0 unspecified atom stereocenters. The Balaban J connectivity index is 1.83. The lowest BCUT2D eigenvalue weighted by molar-refractivity contribution is -0.137. The molecule has 180 valence electrons. The number of rotatable bonds is 5. The number of nitriles is 1. The van der Waals surface area contributed by atoms with Crippen LogP contribution in [0.4, 0.5) is 18.9 Å². The third kappa shape index (κ3) is 5.20. The molecule has 0 fully saturated rings. The highest BCUT2D eigenvalue weighted by molar-refractivity contribution is 6.06. The Hall–Kier alpha value is -4.64. The molecule has 0 aliphatic carbocycles. The maximum Gasteiger partial charge on any atom is 0.416 e. The molecule has 0 spiro atoms. The predicted octanol–water partition coefficient (Wildman–Crippen LogP) is 6.09. The number of carbonyl (C=O) groups excluding carboxylic acids is 1. The van der Waals surface area contributed by atoms with Crippen LogP contribution in [-0.2, 0) is 12.7 Å². The van der Waals surface area contributed by atoms with Crippen LogP contribution in [0.2, 0.25) is 0 Å². The second-order valence-electron chi connectivity index (χ2n) is 8.16. The molecule has 5 nitrogen and oxygen atoms in total. The third-order valence-electron chi connectivity index (χ3n) is 5.71. The summed E-state index contributed by atoms with van der Waals surface area (Å²) in [5.74, 6) is -0.753. The van der Waals surface area contributed by atoms with E-state index in [4.69, 9.17) is 5.26 Å². The van der Waals surface area contributed by atoms with Gasteiger partial charge in [-0.25, -0.2) is 0 Å². The average molecular weight is 487 g/mol. The molecule has 0 saturated carbocycles. The molecule has 0 saturated heterocycles. The molecule has 0 atom stereocenters. The zero-order valence-corrected chi connectivity index (χ0v) is 19.1. The molecule has 1 N–H and O–H groups in total. The Morgan fingerprint density at radius 3 is 2.31 bits per heavy atom. The monoisotopic (exact) mass is 487 g/mol. The fraction of sp³-hybridized carbons (Fsp3) is 0.107. The molecule has 0 aliphatic heterocycles. The third-order valence-corrected chi connectivity index (χ3v) is 5.71. The highest BCUT2D eigenvalue weighted by Crippen LogP contribution is 2.32. The number of amides is 1. The quantitative estimate of drug-likeness (QED) is 0.370. The van der Waals surface area contributed by atoms with Crippen molar-refractivity contribution in [3.05, 3.63) is 123 Å². The van der Waals surface area contributed by atoms with E-state index in [2.05, 4.69) is 4.98 Å². The Labute approximate surface area is 205 Å². The summed E-state index contributed by atoms with van der Waals surface area (Å²) in [6.07, 6.45) is -4.61. The van der Waals surface area contributed by atoms with E-state index in [1.807, 2.05) is 36.4 Å². The number of carbonyl (C=O) groups is 1. The van der Waals surface area contributed by atoms with Gasteiger partial charge >= 0.3 is 6.18 Å². The van der Waals surface area contributed by atoms with E-state index in [1.165, 1.54) is 18.2 Å². The smallest absolute Gasteiger partial charge is 0.325 e. The predicted molar refractivity (Wildman–Crippen MR) is 130 cm³/mol. The van der Waals surface area contributed by atoms with Crippen LogP contribution in [0.3, 0.4) is 0 Å². The Bertz CT molecular complexity index is 1500. The summed E-state index contributed by atoms with van der Waals surface area (Å²) in [5, 5.41) is 9.05. The normalized spacial score (nSPS) is 11.1. The number of aryl methyl sites for hydroxylation is 1. The van der Waals surface area contributed by atoms with Gasteiger partial charge in [-0.2, -0.15) is 18.4 Å². The van der Waals surface area contributed by atoms with E-state index in [1.54, 1.807) is 31.2 Å². The van der Waals surface area contributed by atoms with Gasteiger partial charge in [0.05, 0.1) is 23.7 Å².